The highest BCUT2D eigenvalue weighted by molar-refractivity contribution is 7.80. The Morgan fingerprint density at radius 1 is 1.19 bits per heavy atom. The van der Waals surface area contributed by atoms with E-state index in [9.17, 15) is 9.59 Å². The highest BCUT2D eigenvalue weighted by Crippen LogP contribution is 2.15. The number of thiocarbonyl (C=S) groups is 1. The Balaban J connectivity index is 2.46. The van der Waals surface area contributed by atoms with E-state index < -0.39 is 12.0 Å². The molecule has 1 rings (SSSR count). The molecule has 0 saturated carbocycles. The van der Waals surface area contributed by atoms with Crippen LogP contribution >= 0.6 is 12.2 Å². The monoisotopic (exact) mass is 381 g/mol. The smallest absolute Gasteiger partial charge is 0.328 e. The third-order valence-electron chi connectivity index (χ3n) is 3.86. The minimum absolute atomic E-state index is 0.0397. The van der Waals surface area contributed by atoms with Gasteiger partial charge in [0.05, 0.1) is 14.2 Å². The molecule has 26 heavy (non-hydrogen) atoms. The second kappa shape index (κ2) is 10.6. The molecule has 8 heteroatoms. The number of nitrogens with one attached hydrogen (secondary N) is 2. The molecule has 1 amide bonds. The van der Waals surface area contributed by atoms with Crippen molar-refractivity contribution in [1.82, 2.24) is 10.2 Å². The van der Waals surface area contributed by atoms with Crippen molar-refractivity contribution in [3.05, 3.63) is 24.3 Å². The van der Waals surface area contributed by atoms with Crippen LogP contribution in [-0.4, -0.2) is 55.7 Å². The molecule has 1 aromatic rings. The molecule has 0 bridgehead atoms. The van der Waals surface area contributed by atoms with Gasteiger partial charge in [0.15, 0.2) is 5.11 Å². The predicted octanol–water partition coefficient (Wildman–Crippen LogP) is 2.03. The Bertz CT molecular complexity index is 619. The fraction of sp³-hybridized carbons (Fsp3) is 0.500. The molecule has 1 atom stereocenters. The molecule has 144 valence electrons. The highest BCUT2D eigenvalue weighted by Gasteiger charge is 2.30. The molecule has 0 radical (unpaired) electrons. The van der Waals surface area contributed by atoms with Gasteiger partial charge in [-0.25, -0.2) is 4.79 Å². The number of esters is 1. The van der Waals surface area contributed by atoms with Gasteiger partial charge in [-0.1, -0.05) is 13.8 Å². The van der Waals surface area contributed by atoms with E-state index in [1.807, 2.05) is 38.1 Å². The quantitative estimate of drug-likeness (QED) is 0.527. The van der Waals surface area contributed by atoms with Gasteiger partial charge in [0.1, 0.15) is 11.8 Å². The molecular formula is C18H27N3O4S. The standard InChI is InChI=1S/C18H27N3O4S/c1-12(2)16(17(23)25-5)21(3)15(22)10-11-19-18(26)20-13-6-8-14(24-4)9-7-13/h6-9,12,16H,10-11H2,1-5H3,(H2,19,20,26)/t16-/m0/s1. The minimum Gasteiger partial charge on any atom is -0.497 e. The van der Waals surface area contributed by atoms with E-state index in [0.29, 0.717) is 11.7 Å². The van der Waals surface area contributed by atoms with Crippen molar-refractivity contribution in [1.29, 1.82) is 0 Å². The van der Waals surface area contributed by atoms with Crippen LogP contribution in [0, 0.1) is 5.92 Å². The Kier molecular flexibility index (Phi) is 8.84. The summed E-state index contributed by atoms with van der Waals surface area (Å²) < 4.78 is 9.88. The number of anilines is 1. The number of nitrogens with zero attached hydrogens (tertiary/aromatic N) is 1. The van der Waals surface area contributed by atoms with Gasteiger partial charge in [0.2, 0.25) is 5.91 Å². The second-order valence-corrected chi connectivity index (χ2v) is 6.48. The van der Waals surface area contributed by atoms with Crippen molar-refractivity contribution in [3.8, 4) is 5.75 Å². The lowest BCUT2D eigenvalue weighted by molar-refractivity contribution is -0.153. The number of amides is 1. The first-order valence-corrected chi connectivity index (χ1v) is 8.73. The molecule has 1 aromatic carbocycles. The second-order valence-electron chi connectivity index (χ2n) is 6.08. The number of carbonyl (C=O) groups is 2. The lowest BCUT2D eigenvalue weighted by atomic mass is 10.0. The SMILES string of the molecule is COC(=O)[C@H](C(C)C)N(C)C(=O)CCNC(=S)Nc1ccc(OC)cc1. The number of benzene rings is 1. The molecule has 0 heterocycles. The number of carbonyl (C=O) groups excluding carboxylic acids is 2. The first-order valence-electron chi connectivity index (χ1n) is 8.32. The highest BCUT2D eigenvalue weighted by atomic mass is 32.1. The third kappa shape index (κ3) is 6.51. The van der Waals surface area contributed by atoms with Crippen molar-refractivity contribution in [2.45, 2.75) is 26.3 Å². The molecule has 0 aliphatic carbocycles. The normalized spacial score (nSPS) is 11.5. The van der Waals surface area contributed by atoms with Gasteiger partial charge < -0.3 is 25.0 Å². The number of methoxy groups -OCH3 is 2. The van der Waals surface area contributed by atoms with Gasteiger partial charge in [0, 0.05) is 25.7 Å². The van der Waals surface area contributed by atoms with Crippen molar-refractivity contribution < 1.29 is 19.1 Å². The molecular weight excluding hydrogens is 354 g/mol. The molecule has 0 spiro atoms. The zero-order valence-electron chi connectivity index (χ0n) is 15.9. The fourth-order valence-electron chi connectivity index (χ4n) is 2.46. The molecule has 0 fully saturated rings. The summed E-state index contributed by atoms with van der Waals surface area (Å²) >= 11 is 5.22. The van der Waals surface area contributed by atoms with Crippen molar-refractivity contribution >= 4 is 34.9 Å². The summed E-state index contributed by atoms with van der Waals surface area (Å²) in [6.45, 7) is 4.10. The number of ether oxygens (including phenoxy) is 2. The summed E-state index contributed by atoms with van der Waals surface area (Å²) in [5.41, 5.74) is 0.817. The van der Waals surface area contributed by atoms with Crippen LogP contribution in [0.1, 0.15) is 20.3 Å². The van der Waals surface area contributed by atoms with E-state index in [0.717, 1.165) is 11.4 Å². The van der Waals surface area contributed by atoms with Gasteiger partial charge in [0.25, 0.3) is 0 Å². The molecule has 0 saturated heterocycles. The van der Waals surface area contributed by atoms with Crippen LogP contribution in [0.2, 0.25) is 0 Å². The molecule has 2 N–H and O–H groups in total. The lowest BCUT2D eigenvalue weighted by Crippen LogP contribution is -2.47. The van der Waals surface area contributed by atoms with Crippen LogP contribution in [-0.2, 0) is 14.3 Å². The summed E-state index contributed by atoms with van der Waals surface area (Å²) in [6, 6.07) is 6.73. The summed E-state index contributed by atoms with van der Waals surface area (Å²) in [6.07, 6.45) is 0.209. The van der Waals surface area contributed by atoms with Gasteiger partial charge in [-0.2, -0.15) is 0 Å². The van der Waals surface area contributed by atoms with Crippen molar-refractivity contribution in [2.24, 2.45) is 5.92 Å². The van der Waals surface area contributed by atoms with E-state index >= 15 is 0 Å². The van der Waals surface area contributed by atoms with Crippen LogP contribution in [0.5, 0.6) is 5.75 Å². The first-order chi connectivity index (χ1) is 12.3. The Hall–Kier alpha value is -2.35. The summed E-state index contributed by atoms with van der Waals surface area (Å²) in [5.74, 6) is 0.143. The van der Waals surface area contributed by atoms with Gasteiger partial charge in [-0.05, 0) is 42.4 Å². The number of rotatable bonds is 8. The van der Waals surface area contributed by atoms with Crippen molar-refractivity contribution in [2.75, 3.05) is 33.1 Å². The largest absolute Gasteiger partial charge is 0.497 e. The minimum atomic E-state index is -0.600. The number of likely N-dealkylation sites (N-methyl/N-ethyl adjacent to an activating group) is 1. The Morgan fingerprint density at radius 2 is 1.81 bits per heavy atom. The lowest BCUT2D eigenvalue weighted by Gasteiger charge is -2.29. The molecule has 0 aliphatic heterocycles. The summed E-state index contributed by atoms with van der Waals surface area (Å²) in [5, 5.41) is 6.43. The topological polar surface area (TPSA) is 79.9 Å². The Labute approximate surface area is 160 Å². The van der Waals surface area contributed by atoms with E-state index in [1.165, 1.54) is 12.0 Å². The van der Waals surface area contributed by atoms with Crippen LogP contribution in [0.25, 0.3) is 0 Å². The zero-order chi connectivity index (χ0) is 19.7. The van der Waals surface area contributed by atoms with Crippen LogP contribution < -0.4 is 15.4 Å². The number of hydrogen-bond donors (Lipinski definition) is 2. The molecule has 0 aliphatic rings. The van der Waals surface area contributed by atoms with E-state index in [-0.39, 0.29) is 18.2 Å². The van der Waals surface area contributed by atoms with E-state index in [4.69, 9.17) is 21.7 Å². The van der Waals surface area contributed by atoms with Crippen LogP contribution in [0.3, 0.4) is 0 Å². The maximum Gasteiger partial charge on any atom is 0.328 e. The average molecular weight is 381 g/mol. The Morgan fingerprint density at radius 3 is 2.31 bits per heavy atom. The van der Waals surface area contributed by atoms with E-state index in [1.54, 1.807) is 14.2 Å². The maximum absolute atomic E-state index is 12.3. The zero-order valence-corrected chi connectivity index (χ0v) is 16.7. The van der Waals surface area contributed by atoms with E-state index in [2.05, 4.69) is 10.6 Å². The molecule has 0 unspecified atom stereocenters. The van der Waals surface area contributed by atoms with Crippen molar-refractivity contribution in [3.63, 3.8) is 0 Å². The summed E-state index contributed by atoms with van der Waals surface area (Å²) in [4.78, 5) is 25.6. The van der Waals surface area contributed by atoms with Gasteiger partial charge in [-0.15, -0.1) is 0 Å². The number of hydrogen-bond acceptors (Lipinski definition) is 5. The fourth-order valence-corrected chi connectivity index (χ4v) is 2.68. The molecule has 0 aromatic heterocycles. The molecule has 7 nitrogen and oxygen atoms in total. The van der Waals surface area contributed by atoms with Gasteiger partial charge >= 0.3 is 5.97 Å². The average Bonchev–Trinajstić information content (AvgIpc) is 2.61. The van der Waals surface area contributed by atoms with Gasteiger partial charge in [-0.3, -0.25) is 4.79 Å². The predicted molar refractivity (Wildman–Crippen MR) is 105 cm³/mol. The maximum atomic E-state index is 12.3. The van der Waals surface area contributed by atoms with Crippen LogP contribution in [0.4, 0.5) is 5.69 Å². The van der Waals surface area contributed by atoms with Crippen LogP contribution in [0.15, 0.2) is 24.3 Å². The third-order valence-corrected chi connectivity index (χ3v) is 4.10. The first kappa shape index (κ1) is 21.7. The summed E-state index contributed by atoms with van der Waals surface area (Å²) in [7, 11) is 4.53.